The zero-order valence-electron chi connectivity index (χ0n) is 9.58. The Balaban J connectivity index is 2.22. The summed E-state index contributed by atoms with van der Waals surface area (Å²) in [6.45, 7) is 2.22. The van der Waals surface area contributed by atoms with Gasteiger partial charge in [0.15, 0.2) is 0 Å². The van der Waals surface area contributed by atoms with Gasteiger partial charge in [0.25, 0.3) is 0 Å². The molecule has 1 aliphatic rings. The van der Waals surface area contributed by atoms with Gasteiger partial charge in [-0.15, -0.1) is 0 Å². The molecular formula is C14H21N. The highest BCUT2D eigenvalue weighted by Gasteiger charge is 2.42. The maximum atomic E-state index is 6.36. The van der Waals surface area contributed by atoms with Crippen LogP contribution in [0.4, 0.5) is 0 Å². The minimum Gasteiger partial charge on any atom is -0.327 e. The number of hydrogen-bond acceptors (Lipinski definition) is 1. The van der Waals surface area contributed by atoms with E-state index in [1.807, 2.05) is 0 Å². The minimum atomic E-state index is 0.303. The van der Waals surface area contributed by atoms with E-state index in [9.17, 15) is 0 Å². The van der Waals surface area contributed by atoms with Gasteiger partial charge in [-0.3, -0.25) is 0 Å². The molecule has 1 saturated carbocycles. The van der Waals surface area contributed by atoms with E-state index in [0.717, 1.165) is 6.42 Å². The van der Waals surface area contributed by atoms with Gasteiger partial charge in [-0.25, -0.2) is 0 Å². The lowest BCUT2D eigenvalue weighted by molar-refractivity contribution is 0.188. The third-order valence-corrected chi connectivity index (χ3v) is 3.90. The average molecular weight is 203 g/mol. The SMILES string of the molecule is CCCC(N)C1(c2ccccc2)CCC1. The first kappa shape index (κ1) is 10.7. The zero-order chi connectivity index (χ0) is 10.7. The largest absolute Gasteiger partial charge is 0.327 e. The standard InChI is InChI=1S/C14H21N/c1-2-7-13(15)14(10-6-11-14)12-8-4-3-5-9-12/h3-5,8-9,13H,2,6-7,10-11,15H2,1H3. The summed E-state index contributed by atoms with van der Waals surface area (Å²) in [6, 6.07) is 11.2. The Labute approximate surface area is 92.7 Å². The second-order valence-electron chi connectivity index (χ2n) is 4.77. The van der Waals surface area contributed by atoms with Crippen LogP contribution in [0.15, 0.2) is 30.3 Å². The van der Waals surface area contributed by atoms with Crippen molar-refractivity contribution in [1.82, 2.24) is 0 Å². The normalized spacial score (nSPS) is 20.7. The Morgan fingerprint density at radius 1 is 1.27 bits per heavy atom. The number of rotatable bonds is 4. The van der Waals surface area contributed by atoms with Gasteiger partial charge in [-0.1, -0.05) is 50.1 Å². The smallest absolute Gasteiger partial charge is 0.0136 e. The molecule has 0 amide bonds. The van der Waals surface area contributed by atoms with Crippen molar-refractivity contribution < 1.29 is 0 Å². The van der Waals surface area contributed by atoms with Gasteiger partial charge in [0.05, 0.1) is 0 Å². The van der Waals surface area contributed by atoms with Crippen molar-refractivity contribution in [2.45, 2.75) is 50.5 Å². The molecule has 0 heterocycles. The fourth-order valence-corrected chi connectivity index (χ4v) is 2.79. The van der Waals surface area contributed by atoms with E-state index in [-0.39, 0.29) is 0 Å². The average Bonchev–Trinajstić information content (AvgIpc) is 2.18. The molecule has 15 heavy (non-hydrogen) atoms. The lowest BCUT2D eigenvalue weighted by Crippen LogP contribution is -2.50. The van der Waals surface area contributed by atoms with Crippen molar-refractivity contribution >= 4 is 0 Å². The summed E-state index contributed by atoms with van der Waals surface area (Å²) in [5.41, 5.74) is 8.12. The monoisotopic (exact) mass is 203 g/mol. The summed E-state index contributed by atoms with van der Waals surface area (Å²) in [7, 11) is 0. The Morgan fingerprint density at radius 3 is 2.40 bits per heavy atom. The molecule has 1 heteroatoms. The zero-order valence-corrected chi connectivity index (χ0v) is 9.58. The first-order chi connectivity index (χ1) is 7.29. The molecule has 1 nitrogen and oxygen atoms in total. The molecule has 0 spiro atoms. The topological polar surface area (TPSA) is 26.0 Å². The highest BCUT2D eigenvalue weighted by Crippen LogP contribution is 2.46. The minimum absolute atomic E-state index is 0.303. The third-order valence-electron chi connectivity index (χ3n) is 3.90. The van der Waals surface area contributed by atoms with Crippen molar-refractivity contribution in [1.29, 1.82) is 0 Å². The van der Waals surface area contributed by atoms with Gasteiger partial charge in [-0.2, -0.15) is 0 Å². The van der Waals surface area contributed by atoms with Crippen molar-refractivity contribution in [3.63, 3.8) is 0 Å². The summed E-state index contributed by atoms with van der Waals surface area (Å²) in [6.07, 6.45) is 6.23. The fraction of sp³-hybridized carbons (Fsp3) is 0.571. The van der Waals surface area contributed by atoms with E-state index in [0.29, 0.717) is 11.5 Å². The second-order valence-corrected chi connectivity index (χ2v) is 4.77. The van der Waals surface area contributed by atoms with Gasteiger partial charge in [0.2, 0.25) is 0 Å². The van der Waals surface area contributed by atoms with Gasteiger partial charge in [-0.05, 0) is 24.8 Å². The summed E-state index contributed by atoms with van der Waals surface area (Å²) in [5, 5.41) is 0. The lowest BCUT2D eigenvalue weighted by atomic mass is 9.59. The molecule has 0 saturated heterocycles. The molecule has 1 atom stereocenters. The van der Waals surface area contributed by atoms with Crippen LogP contribution in [0.1, 0.15) is 44.6 Å². The third kappa shape index (κ3) is 1.81. The predicted molar refractivity (Wildman–Crippen MR) is 64.9 cm³/mol. The molecule has 0 aromatic heterocycles. The quantitative estimate of drug-likeness (QED) is 0.798. The van der Waals surface area contributed by atoms with Crippen LogP contribution >= 0.6 is 0 Å². The maximum Gasteiger partial charge on any atom is 0.0136 e. The Bertz CT molecular complexity index is 300. The van der Waals surface area contributed by atoms with Crippen molar-refractivity contribution in [2.24, 2.45) is 5.73 Å². The van der Waals surface area contributed by atoms with Crippen LogP contribution < -0.4 is 5.73 Å². The summed E-state index contributed by atoms with van der Waals surface area (Å²) in [5.74, 6) is 0. The highest BCUT2D eigenvalue weighted by molar-refractivity contribution is 5.30. The molecule has 2 N–H and O–H groups in total. The first-order valence-electron chi connectivity index (χ1n) is 6.11. The molecule has 1 aromatic rings. The summed E-state index contributed by atoms with van der Waals surface area (Å²) < 4.78 is 0. The van der Waals surface area contributed by atoms with Crippen LogP contribution in [0.5, 0.6) is 0 Å². The molecule has 82 valence electrons. The molecule has 1 aromatic carbocycles. The Morgan fingerprint density at radius 2 is 1.93 bits per heavy atom. The van der Waals surface area contributed by atoms with Crippen molar-refractivity contribution in [3.05, 3.63) is 35.9 Å². The van der Waals surface area contributed by atoms with E-state index in [1.54, 1.807) is 0 Å². The lowest BCUT2D eigenvalue weighted by Gasteiger charge is -2.47. The molecule has 0 radical (unpaired) electrons. The second kappa shape index (κ2) is 4.36. The summed E-state index contributed by atoms with van der Waals surface area (Å²) >= 11 is 0. The molecular weight excluding hydrogens is 182 g/mol. The van der Waals surface area contributed by atoms with Gasteiger partial charge in [0.1, 0.15) is 0 Å². The van der Waals surface area contributed by atoms with Crippen molar-refractivity contribution in [3.8, 4) is 0 Å². The van der Waals surface area contributed by atoms with Crippen LogP contribution in [0, 0.1) is 0 Å². The van der Waals surface area contributed by atoms with Gasteiger partial charge < -0.3 is 5.73 Å². The van der Waals surface area contributed by atoms with Crippen molar-refractivity contribution in [2.75, 3.05) is 0 Å². The predicted octanol–water partition coefficient (Wildman–Crippen LogP) is 3.24. The molecule has 2 rings (SSSR count). The molecule has 0 aliphatic heterocycles. The van der Waals surface area contributed by atoms with E-state index in [4.69, 9.17) is 5.73 Å². The maximum absolute atomic E-state index is 6.36. The first-order valence-corrected chi connectivity index (χ1v) is 6.11. The fourth-order valence-electron chi connectivity index (χ4n) is 2.79. The van der Waals surface area contributed by atoms with Crippen LogP contribution in [0.25, 0.3) is 0 Å². The van der Waals surface area contributed by atoms with E-state index >= 15 is 0 Å². The van der Waals surface area contributed by atoms with E-state index < -0.39 is 0 Å². The van der Waals surface area contributed by atoms with E-state index in [2.05, 4.69) is 37.3 Å². The highest BCUT2D eigenvalue weighted by atomic mass is 14.7. The molecule has 0 bridgehead atoms. The molecule has 1 fully saturated rings. The number of benzene rings is 1. The summed E-state index contributed by atoms with van der Waals surface area (Å²) in [4.78, 5) is 0. The van der Waals surface area contributed by atoms with Crippen LogP contribution in [0.2, 0.25) is 0 Å². The van der Waals surface area contributed by atoms with E-state index in [1.165, 1.54) is 31.2 Å². The molecule has 1 unspecified atom stereocenters. The van der Waals surface area contributed by atoms with Crippen LogP contribution in [0.3, 0.4) is 0 Å². The van der Waals surface area contributed by atoms with Gasteiger partial charge >= 0.3 is 0 Å². The Kier molecular flexibility index (Phi) is 3.11. The number of nitrogens with two attached hydrogens (primary N) is 1. The Hall–Kier alpha value is -0.820. The molecule has 1 aliphatic carbocycles. The van der Waals surface area contributed by atoms with Crippen LogP contribution in [-0.2, 0) is 5.41 Å². The van der Waals surface area contributed by atoms with Crippen LogP contribution in [-0.4, -0.2) is 6.04 Å². The number of hydrogen-bond donors (Lipinski definition) is 1. The van der Waals surface area contributed by atoms with Gasteiger partial charge in [0, 0.05) is 11.5 Å².